The van der Waals surface area contributed by atoms with Crippen molar-refractivity contribution in [3.05, 3.63) is 64.3 Å². The van der Waals surface area contributed by atoms with Crippen LogP contribution in [0, 0.1) is 20.8 Å². The number of aromatic nitrogens is 1. The van der Waals surface area contributed by atoms with Gasteiger partial charge in [0.15, 0.2) is 0 Å². The van der Waals surface area contributed by atoms with Gasteiger partial charge < -0.3 is 4.98 Å². The Morgan fingerprint density at radius 3 is 2.38 bits per heavy atom. The van der Waals surface area contributed by atoms with Gasteiger partial charge in [0.1, 0.15) is 0 Å². The minimum atomic E-state index is -3.47. The van der Waals surface area contributed by atoms with E-state index in [4.69, 9.17) is 0 Å². The molecule has 2 aromatic carbocycles. The van der Waals surface area contributed by atoms with E-state index >= 15 is 0 Å². The standard InChI is InChI=1S/C21H24N2O2S/c1-14-5-7-21(16(3)12-14)26(24,25)23-10-8-17-18-13-15(2)4-6-19(18)22-20(17)9-11-23/h4-7,12-13,22H,8-11H2,1-3H3. The first-order valence-corrected chi connectivity index (χ1v) is 10.5. The molecule has 0 aliphatic carbocycles. The molecule has 0 spiro atoms. The molecule has 0 saturated heterocycles. The highest BCUT2D eigenvalue weighted by molar-refractivity contribution is 7.89. The van der Waals surface area contributed by atoms with E-state index in [9.17, 15) is 8.42 Å². The lowest BCUT2D eigenvalue weighted by molar-refractivity contribution is 0.426. The monoisotopic (exact) mass is 368 g/mol. The number of nitrogens with zero attached hydrogens (tertiary/aromatic N) is 1. The van der Waals surface area contributed by atoms with E-state index in [0.717, 1.165) is 23.1 Å². The number of fused-ring (bicyclic) bond motifs is 3. The number of aromatic amines is 1. The molecule has 2 heterocycles. The molecule has 0 radical (unpaired) electrons. The van der Waals surface area contributed by atoms with Crippen LogP contribution in [-0.2, 0) is 22.9 Å². The molecule has 4 nitrogen and oxygen atoms in total. The fourth-order valence-electron chi connectivity index (χ4n) is 3.97. The van der Waals surface area contributed by atoms with Crippen LogP contribution in [0.1, 0.15) is 27.9 Å². The molecule has 1 N–H and O–H groups in total. The number of hydrogen-bond acceptors (Lipinski definition) is 2. The van der Waals surface area contributed by atoms with E-state index in [1.165, 1.54) is 22.2 Å². The third-order valence-electron chi connectivity index (χ3n) is 5.32. The van der Waals surface area contributed by atoms with Crippen LogP contribution < -0.4 is 0 Å². The van der Waals surface area contributed by atoms with Crippen LogP contribution in [0.5, 0.6) is 0 Å². The first-order valence-electron chi connectivity index (χ1n) is 9.04. The molecule has 136 valence electrons. The fourth-order valence-corrected chi connectivity index (χ4v) is 5.62. The first-order chi connectivity index (χ1) is 12.4. The molecule has 5 heteroatoms. The van der Waals surface area contributed by atoms with Crippen molar-refractivity contribution in [2.75, 3.05) is 13.1 Å². The number of hydrogen-bond donors (Lipinski definition) is 1. The Hall–Kier alpha value is -2.11. The zero-order valence-electron chi connectivity index (χ0n) is 15.5. The van der Waals surface area contributed by atoms with Gasteiger partial charge in [-0.1, -0.05) is 29.3 Å². The van der Waals surface area contributed by atoms with E-state index in [1.807, 2.05) is 26.0 Å². The van der Waals surface area contributed by atoms with Crippen molar-refractivity contribution in [3.63, 3.8) is 0 Å². The van der Waals surface area contributed by atoms with E-state index in [-0.39, 0.29) is 0 Å². The van der Waals surface area contributed by atoms with Gasteiger partial charge in [-0.2, -0.15) is 4.31 Å². The minimum absolute atomic E-state index is 0.425. The highest BCUT2D eigenvalue weighted by atomic mass is 32.2. The lowest BCUT2D eigenvalue weighted by Crippen LogP contribution is -2.33. The van der Waals surface area contributed by atoms with Gasteiger partial charge in [-0.3, -0.25) is 0 Å². The molecule has 3 aromatic rings. The van der Waals surface area contributed by atoms with Crippen molar-refractivity contribution in [2.24, 2.45) is 0 Å². The molecule has 0 bridgehead atoms. The highest BCUT2D eigenvalue weighted by Gasteiger charge is 2.29. The van der Waals surface area contributed by atoms with Crippen LogP contribution >= 0.6 is 0 Å². The molecule has 0 fully saturated rings. The van der Waals surface area contributed by atoms with Crippen LogP contribution in [-0.4, -0.2) is 30.8 Å². The van der Waals surface area contributed by atoms with E-state index in [1.54, 1.807) is 10.4 Å². The maximum absolute atomic E-state index is 13.2. The quantitative estimate of drug-likeness (QED) is 0.746. The smallest absolute Gasteiger partial charge is 0.243 e. The van der Waals surface area contributed by atoms with Crippen molar-refractivity contribution in [3.8, 4) is 0 Å². The molecule has 0 amide bonds. The highest BCUT2D eigenvalue weighted by Crippen LogP contribution is 2.29. The summed E-state index contributed by atoms with van der Waals surface area (Å²) in [5.41, 5.74) is 6.70. The van der Waals surface area contributed by atoms with E-state index < -0.39 is 10.0 Å². The number of rotatable bonds is 2. The van der Waals surface area contributed by atoms with Gasteiger partial charge in [0.25, 0.3) is 0 Å². The second-order valence-electron chi connectivity index (χ2n) is 7.30. The zero-order chi connectivity index (χ0) is 18.5. The second-order valence-corrected chi connectivity index (χ2v) is 9.21. The Bertz CT molecular complexity index is 1100. The summed E-state index contributed by atoms with van der Waals surface area (Å²) >= 11 is 0. The lowest BCUT2D eigenvalue weighted by atomic mass is 10.1. The summed E-state index contributed by atoms with van der Waals surface area (Å²) in [7, 11) is -3.47. The Morgan fingerprint density at radius 1 is 0.923 bits per heavy atom. The summed E-state index contributed by atoms with van der Waals surface area (Å²) in [6.07, 6.45) is 1.45. The molecule has 4 rings (SSSR count). The largest absolute Gasteiger partial charge is 0.358 e. The second kappa shape index (κ2) is 6.25. The summed E-state index contributed by atoms with van der Waals surface area (Å²) in [5.74, 6) is 0. The number of sulfonamides is 1. The topological polar surface area (TPSA) is 53.2 Å². The van der Waals surface area contributed by atoms with Crippen LogP contribution in [0.25, 0.3) is 10.9 Å². The Labute approximate surface area is 154 Å². The van der Waals surface area contributed by atoms with E-state index in [2.05, 4.69) is 30.1 Å². The summed E-state index contributed by atoms with van der Waals surface area (Å²) in [6, 6.07) is 12.0. The minimum Gasteiger partial charge on any atom is -0.358 e. The maximum Gasteiger partial charge on any atom is 0.243 e. The summed E-state index contributed by atoms with van der Waals surface area (Å²) in [5, 5.41) is 1.23. The normalized spacial score (nSPS) is 15.8. The molecule has 1 aliphatic rings. The Morgan fingerprint density at radius 2 is 1.62 bits per heavy atom. The van der Waals surface area contributed by atoms with Gasteiger partial charge in [0.2, 0.25) is 10.0 Å². The zero-order valence-corrected chi connectivity index (χ0v) is 16.3. The maximum atomic E-state index is 13.2. The first kappa shape index (κ1) is 17.3. The fraction of sp³-hybridized carbons (Fsp3) is 0.333. The predicted octanol–water partition coefficient (Wildman–Crippen LogP) is 3.88. The SMILES string of the molecule is Cc1ccc(S(=O)(=O)N2CCc3[nH]c4ccc(C)cc4c3CC2)c(C)c1. The van der Waals surface area contributed by atoms with Gasteiger partial charge in [0.05, 0.1) is 4.90 Å². The van der Waals surface area contributed by atoms with Gasteiger partial charge >= 0.3 is 0 Å². The molecule has 1 aliphatic heterocycles. The van der Waals surface area contributed by atoms with Crippen LogP contribution in [0.3, 0.4) is 0 Å². The molecule has 0 atom stereocenters. The number of nitrogens with one attached hydrogen (secondary N) is 1. The van der Waals surface area contributed by atoms with Crippen LogP contribution in [0.4, 0.5) is 0 Å². The third-order valence-corrected chi connectivity index (χ3v) is 7.38. The molecular formula is C21H24N2O2S. The third kappa shape index (κ3) is 2.85. The average molecular weight is 369 g/mol. The van der Waals surface area contributed by atoms with Crippen molar-refractivity contribution in [1.82, 2.24) is 9.29 Å². The summed E-state index contributed by atoms with van der Waals surface area (Å²) in [4.78, 5) is 3.92. The van der Waals surface area contributed by atoms with Crippen LogP contribution in [0.15, 0.2) is 41.3 Å². The average Bonchev–Trinajstić information content (AvgIpc) is 2.77. The van der Waals surface area contributed by atoms with Crippen molar-refractivity contribution in [2.45, 2.75) is 38.5 Å². The molecule has 1 aromatic heterocycles. The number of benzene rings is 2. The Kier molecular flexibility index (Phi) is 4.16. The van der Waals surface area contributed by atoms with Gasteiger partial charge in [-0.15, -0.1) is 0 Å². The van der Waals surface area contributed by atoms with Gasteiger partial charge in [-0.05, 0) is 56.5 Å². The van der Waals surface area contributed by atoms with Gasteiger partial charge in [-0.25, -0.2) is 8.42 Å². The molecular weight excluding hydrogens is 344 g/mol. The van der Waals surface area contributed by atoms with Crippen molar-refractivity contribution in [1.29, 1.82) is 0 Å². The Balaban J connectivity index is 1.67. The summed E-state index contributed by atoms with van der Waals surface area (Å²) in [6.45, 7) is 6.97. The van der Waals surface area contributed by atoms with Crippen molar-refractivity contribution < 1.29 is 8.42 Å². The molecule has 0 saturated carbocycles. The molecule has 0 unspecified atom stereocenters. The van der Waals surface area contributed by atoms with Crippen LogP contribution in [0.2, 0.25) is 0 Å². The molecule has 26 heavy (non-hydrogen) atoms. The lowest BCUT2D eigenvalue weighted by Gasteiger charge is -2.21. The predicted molar refractivity (Wildman–Crippen MR) is 105 cm³/mol. The van der Waals surface area contributed by atoms with Crippen molar-refractivity contribution >= 4 is 20.9 Å². The van der Waals surface area contributed by atoms with E-state index in [0.29, 0.717) is 24.4 Å². The number of H-pyrrole nitrogens is 1. The summed E-state index contributed by atoms with van der Waals surface area (Å²) < 4.78 is 28.0. The number of aryl methyl sites for hydroxylation is 3. The van der Waals surface area contributed by atoms with Gasteiger partial charge in [0, 0.05) is 36.1 Å².